The normalized spacial score (nSPS) is 11.7. The van der Waals surface area contributed by atoms with E-state index >= 15 is 0 Å². The minimum atomic E-state index is -0.900. The molecule has 5 nitrogen and oxygen atoms in total. The summed E-state index contributed by atoms with van der Waals surface area (Å²) in [5.41, 5.74) is 1.09. The lowest BCUT2D eigenvalue weighted by Crippen LogP contribution is -2.19. The van der Waals surface area contributed by atoms with Crippen molar-refractivity contribution in [1.29, 1.82) is 0 Å². The van der Waals surface area contributed by atoms with Gasteiger partial charge < -0.3 is 9.47 Å². The van der Waals surface area contributed by atoms with E-state index in [1.54, 1.807) is 0 Å². The fourth-order valence-electron chi connectivity index (χ4n) is 1.69. The first-order chi connectivity index (χ1) is 9.19. The number of hydrogen-bond donors (Lipinski definition) is 0. The third kappa shape index (κ3) is 5.07. The fraction of sp³-hybridized carbons (Fsp3) is 0.500. The smallest absolute Gasteiger partial charge is 0.334 e. The van der Waals surface area contributed by atoms with Gasteiger partial charge in [0.2, 0.25) is 0 Å². The monoisotopic (exact) mass is 265 g/mol. The quantitative estimate of drug-likeness (QED) is 0.412. The van der Waals surface area contributed by atoms with Crippen molar-refractivity contribution in [1.82, 2.24) is 0 Å². The van der Waals surface area contributed by atoms with E-state index in [-0.39, 0.29) is 0 Å². The van der Waals surface area contributed by atoms with Gasteiger partial charge in [0.15, 0.2) is 6.04 Å². The Morgan fingerprint density at radius 3 is 2.68 bits per heavy atom. The van der Waals surface area contributed by atoms with Crippen molar-refractivity contribution >= 4 is 5.97 Å². The molecule has 0 aliphatic heterocycles. The zero-order valence-electron chi connectivity index (χ0n) is 11.3. The third-order valence-corrected chi connectivity index (χ3v) is 2.82. The highest BCUT2D eigenvalue weighted by atomic mass is 16.5. The molecular weight excluding hydrogens is 246 g/mol. The first-order valence-electron chi connectivity index (χ1n) is 6.27. The standard InChI is InChI=1S/C14H19NO4/c1-11-7-3-4-9-13(11)19-10-6-5-8-12(15-17)14(16)18-2/h3-4,7,9,12H,5-6,8,10H2,1-2H3. The molecule has 0 saturated carbocycles. The SMILES string of the molecule is COC(=O)C(CCCCOc1ccccc1C)N=O. The van der Waals surface area contributed by atoms with Crippen LogP contribution in [0.25, 0.3) is 0 Å². The summed E-state index contributed by atoms with van der Waals surface area (Å²) < 4.78 is 10.1. The molecule has 0 bridgehead atoms. The van der Waals surface area contributed by atoms with Crippen molar-refractivity contribution < 1.29 is 14.3 Å². The van der Waals surface area contributed by atoms with E-state index < -0.39 is 12.0 Å². The first kappa shape index (κ1) is 15.1. The number of para-hydroxylation sites is 1. The molecule has 19 heavy (non-hydrogen) atoms. The van der Waals surface area contributed by atoms with Gasteiger partial charge in [-0.1, -0.05) is 23.4 Å². The van der Waals surface area contributed by atoms with E-state index in [4.69, 9.17) is 4.74 Å². The highest BCUT2D eigenvalue weighted by Gasteiger charge is 2.18. The lowest BCUT2D eigenvalue weighted by atomic mass is 10.1. The minimum absolute atomic E-state index is 0.396. The summed E-state index contributed by atoms with van der Waals surface area (Å²) in [6, 6.07) is 6.88. The molecule has 0 radical (unpaired) electrons. The van der Waals surface area contributed by atoms with Crippen molar-refractivity contribution in [3.8, 4) is 5.75 Å². The van der Waals surface area contributed by atoms with Crippen LogP contribution in [0.3, 0.4) is 0 Å². The highest BCUT2D eigenvalue weighted by Crippen LogP contribution is 2.16. The van der Waals surface area contributed by atoms with Crippen LogP contribution in [0.2, 0.25) is 0 Å². The van der Waals surface area contributed by atoms with Crippen molar-refractivity contribution in [2.75, 3.05) is 13.7 Å². The molecule has 0 aliphatic rings. The summed E-state index contributed by atoms with van der Waals surface area (Å²) in [5.74, 6) is 0.287. The number of unbranched alkanes of at least 4 members (excludes halogenated alkanes) is 1. The van der Waals surface area contributed by atoms with Crippen LogP contribution < -0.4 is 4.74 Å². The lowest BCUT2D eigenvalue weighted by molar-refractivity contribution is -0.142. The predicted octanol–water partition coefficient (Wildman–Crippen LogP) is 2.85. The molecule has 0 heterocycles. The van der Waals surface area contributed by atoms with E-state index in [9.17, 15) is 9.70 Å². The second-order valence-corrected chi connectivity index (χ2v) is 4.25. The van der Waals surface area contributed by atoms with E-state index in [0.717, 1.165) is 17.7 Å². The molecule has 0 aliphatic carbocycles. The number of carbonyl (C=O) groups excluding carboxylic acids is 1. The largest absolute Gasteiger partial charge is 0.493 e. The third-order valence-electron chi connectivity index (χ3n) is 2.82. The topological polar surface area (TPSA) is 65.0 Å². The molecule has 1 aromatic rings. The van der Waals surface area contributed by atoms with Gasteiger partial charge in [-0.25, -0.2) is 4.79 Å². The number of ether oxygens (including phenoxy) is 2. The number of methoxy groups -OCH3 is 1. The number of nitroso groups, excluding NO2 is 1. The predicted molar refractivity (Wildman–Crippen MR) is 72.1 cm³/mol. The van der Waals surface area contributed by atoms with Crippen LogP contribution in [-0.4, -0.2) is 25.7 Å². The molecule has 5 heteroatoms. The number of aryl methyl sites for hydroxylation is 1. The van der Waals surface area contributed by atoms with Gasteiger partial charge in [0, 0.05) is 0 Å². The van der Waals surface area contributed by atoms with Crippen molar-refractivity contribution in [3.63, 3.8) is 0 Å². The van der Waals surface area contributed by atoms with Gasteiger partial charge in [0.05, 0.1) is 13.7 Å². The van der Waals surface area contributed by atoms with Crippen LogP contribution in [0.4, 0.5) is 0 Å². The average Bonchev–Trinajstić information content (AvgIpc) is 2.44. The maximum atomic E-state index is 11.1. The highest BCUT2D eigenvalue weighted by molar-refractivity contribution is 5.75. The molecule has 1 rings (SSSR count). The van der Waals surface area contributed by atoms with Crippen molar-refractivity contribution in [3.05, 3.63) is 34.7 Å². The Morgan fingerprint density at radius 1 is 1.32 bits per heavy atom. The number of nitrogens with zero attached hydrogens (tertiary/aromatic N) is 1. The van der Waals surface area contributed by atoms with Crippen LogP contribution in [0.1, 0.15) is 24.8 Å². The van der Waals surface area contributed by atoms with Crippen LogP contribution in [0.15, 0.2) is 29.4 Å². The summed E-state index contributed by atoms with van der Waals surface area (Å²) in [5, 5.41) is 2.76. The van der Waals surface area contributed by atoms with Crippen LogP contribution in [0.5, 0.6) is 5.75 Å². The molecule has 0 saturated heterocycles. The van der Waals surface area contributed by atoms with E-state index in [1.807, 2.05) is 31.2 Å². The van der Waals surface area contributed by atoms with Crippen molar-refractivity contribution in [2.24, 2.45) is 5.18 Å². The summed E-state index contributed by atoms with van der Waals surface area (Å²) in [7, 11) is 1.25. The number of carbonyl (C=O) groups is 1. The Hall–Kier alpha value is -1.91. The lowest BCUT2D eigenvalue weighted by Gasteiger charge is -2.09. The van der Waals surface area contributed by atoms with Gasteiger partial charge in [-0.05, 0) is 37.8 Å². The van der Waals surface area contributed by atoms with Gasteiger partial charge in [-0.2, -0.15) is 0 Å². The Labute approximate surface area is 112 Å². The van der Waals surface area contributed by atoms with E-state index in [2.05, 4.69) is 9.91 Å². The van der Waals surface area contributed by atoms with Gasteiger partial charge in [-0.3, -0.25) is 0 Å². The molecule has 1 unspecified atom stereocenters. The van der Waals surface area contributed by atoms with Gasteiger partial charge in [0.1, 0.15) is 5.75 Å². The molecule has 0 amide bonds. The Morgan fingerprint density at radius 2 is 2.05 bits per heavy atom. The Balaban J connectivity index is 2.23. The van der Waals surface area contributed by atoms with Crippen LogP contribution in [0, 0.1) is 11.8 Å². The first-order valence-corrected chi connectivity index (χ1v) is 6.27. The number of hydrogen-bond acceptors (Lipinski definition) is 5. The van der Waals surface area contributed by atoms with Gasteiger partial charge in [0.25, 0.3) is 0 Å². The number of esters is 1. The maximum absolute atomic E-state index is 11.1. The molecule has 0 spiro atoms. The van der Waals surface area contributed by atoms with Crippen LogP contribution >= 0.6 is 0 Å². The summed E-state index contributed by atoms with van der Waals surface area (Å²) >= 11 is 0. The molecule has 1 aromatic carbocycles. The fourth-order valence-corrected chi connectivity index (χ4v) is 1.69. The summed E-state index contributed by atoms with van der Waals surface area (Å²) in [6.45, 7) is 2.54. The zero-order valence-corrected chi connectivity index (χ0v) is 11.3. The molecule has 104 valence electrons. The van der Waals surface area contributed by atoms with Gasteiger partial charge >= 0.3 is 5.97 Å². The average molecular weight is 265 g/mol. The molecule has 0 fully saturated rings. The maximum Gasteiger partial charge on any atom is 0.334 e. The van der Waals surface area contributed by atoms with Crippen LogP contribution in [-0.2, 0) is 9.53 Å². The second-order valence-electron chi connectivity index (χ2n) is 4.25. The summed E-state index contributed by atoms with van der Waals surface area (Å²) in [4.78, 5) is 21.6. The van der Waals surface area contributed by atoms with Gasteiger partial charge in [-0.15, -0.1) is 4.91 Å². The second kappa shape index (κ2) is 8.24. The van der Waals surface area contributed by atoms with Crippen molar-refractivity contribution in [2.45, 2.75) is 32.2 Å². The number of rotatable bonds is 8. The zero-order chi connectivity index (χ0) is 14.1. The molecule has 1 atom stereocenters. The Kier molecular flexibility index (Phi) is 6.57. The molecular formula is C14H19NO4. The Bertz CT molecular complexity index is 420. The van der Waals surface area contributed by atoms with E-state index in [0.29, 0.717) is 19.4 Å². The summed E-state index contributed by atoms with van der Waals surface area (Å²) in [6.07, 6.45) is 1.85. The molecule has 0 N–H and O–H groups in total. The minimum Gasteiger partial charge on any atom is -0.493 e. The molecule has 0 aromatic heterocycles. The van der Waals surface area contributed by atoms with E-state index in [1.165, 1.54) is 7.11 Å². The number of benzene rings is 1.